The van der Waals surface area contributed by atoms with Crippen molar-refractivity contribution in [3.8, 4) is 0 Å². The van der Waals surface area contributed by atoms with Crippen molar-refractivity contribution in [1.82, 2.24) is 5.32 Å². The number of hydrogen-bond acceptors (Lipinski definition) is 3. The number of morpholine rings is 1. The maximum Gasteiger partial charge on any atom is 0.0950 e. The van der Waals surface area contributed by atoms with Crippen LogP contribution in [0, 0.1) is 0 Å². The first-order valence-electron chi connectivity index (χ1n) is 6.71. The summed E-state index contributed by atoms with van der Waals surface area (Å²) in [5.41, 5.74) is 2.34. The van der Waals surface area contributed by atoms with Gasteiger partial charge in [0.25, 0.3) is 0 Å². The molecular weight excluding hydrogens is 248 g/mol. The molecule has 0 aromatic heterocycles. The van der Waals surface area contributed by atoms with Gasteiger partial charge < -0.3 is 15.0 Å². The predicted molar refractivity (Wildman–Crippen MR) is 74.5 cm³/mol. The summed E-state index contributed by atoms with van der Waals surface area (Å²) in [6, 6.07) is 6.35. The van der Waals surface area contributed by atoms with Crippen LogP contribution in [0.1, 0.15) is 24.5 Å². The van der Waals surface area contributed by atoms with E-state index in [1.54, 1.807) is 0 Å². The zero-order valence-corrected chi connectivity index (χ0v) is 11.2. The lowest BCUT2D eigenvalue weighted by Gasteiger charge is -2.25. The molecule has 2 fully saturated rings. The smallest absolute Gasteiger partial charge is 0.0950 e. The van der Waals surface area contributed by atoms with Crippen molar-refractivity contribution in [2.45, 2.75) is 18.9 Å². The highest BCUT2D eigenvalue weighted by atomic mass is 35.5. The van der Waals surface area contributed by atoms with Gasteiger partial charge in [-0.2, -0.15) is 0 Å². The second kappa shape index (κ2) is 5.47. The lowest BCUT2D eigenvalue weighted by Crippen LogP contribution is -2.33. The summed E-state index contributed by atoms with van der Waals surface area (Å²) < 4.78 is 5.75. The van der Waals surface area contributed by atoms with Crippen molar-refractivity contribution >= 4 is 17.3 Å². The van der Waals surface area contributed by atoms with Crippen LogP contribution in [-0.4, -0.2) is 32.8 Å². The summed E-state index contributed by atoms with van der Waals surface area (Å²) in [4.78, 5) is 2.37. The van der Waals surface area contributed by atoms with E-state index in [2.05, 4.69) is 28.4 Å². The van der Waals surface area contributed by atoms with Gasteiger partial charge in [-0.15, -0.1) is 0 Å². The second-order valence-electron chi connectivity index (χ2n) is 4.97. The zero-order chi connectivity index (χ0) is 12.4. The molecule has 0 saturated carbocycles. The minimum absolute atomic E-state index is 0.142. The molecule has 2 heterocycles. The highest BCUT2D eigenvalue weighted by Gasteiger charge is 2.19. The van der Waals surface area contributed by atoms with E-state index < -0.39 is 0 Å². The summed E-state index contributed by atoms with van der Waals surface area (Å²) in [6.07, 6.45) is 2.69. The first kappa shape index (κ1) is 12.3. The molecule has 4 heteroatoms. The summed E-state index contributed by atoms with van der Waals surface area (Å²) in [6.45, 7) is 4.84. The second-order valence-corrected chi connectivity index (χ2v) is 5.38. The lowest BCUT2D eigenvalue weighted by atomic mass is 10.1. The Labute approximate surface area is 113 Å². The Bertz CT molecular complexity index is 412. The molecule has 1 aromatic rings. The molecule has 1 unspecified atom stereocenters. The van der Waals surface area contributed by atoms with Crippen molar-refractivity contribution in [1.29, 1.82) is 0 Å². The molecule has 18 heavy (non-hydrogen) atoms. The zero-order valence-electron chi connectivity index (χ0n) is 10.5. The van der Waals surface area contributed by atoms with Crippen molar-refractivity contribution in [2.24, 2.45) is 0 Å². The molecule has 3 rings (SSSR count). The molecule has 0 spiro atoms. The quantitative estimate of drug-likeness (QED) is 0.891. The van der Waals surface area contributed by atoms with Crippen LogP contribution < -0.4 is 10.2 Å². The van der Waals surface area contributed by atoms with E-state index in [1.807, 2.05) is 0 Å². The monoisotopic (exact) mass is 266 g/mol. The number of halogens is 1. The molecule has 1 N–H and O–H groups in total. The normalized spacial score (nSPS) is 24.5. The van der Waals surface area contributed by atoms with Gasteiger partial charge in [-0.1, -0.05) is 17.7 Å². The van der Waals surface area contributed by atoms with Gasteiger partial charge in [0.1, 0.15) is 0 Å². The maximum absolute atomic E-state index is 6.41. The molecule has 0 aliphatic carbocycles. The Hall–Kier alpha value is -0.770. The third kappa shape index (κ3) is 2.48. The molecule has 2 aliphatic heterocycles. The number of ether oxygens (including phenoxy) is 1. The molecule has 2 saturated heterocycles. The van der Waals surface area contributed by atoms with Gasteiger partial charge in [0.05, 0.1) is 23.4 Å². The fourth-order valence-corrected chi connectivity index (χ4v) is 3.03. The van der Waals surface area contributed by atoms with Crippen LogP contribution in [0.15, 0.2) is 18.2 Å². The number of nitrogens with one attached hydrogen (secondary N) is 1. The van der Waals surface area contributed by atoms with Crippen molar-refractivity contribution in [3.63, 3.8) is 0 Å². The van der Waals surface area contributed by atoms with E-state index in [-0.39, 0.29) is 6.10 Å². The maximum atomic E-state index is 6.41. The highest BCUT2D eigenvalue weighted by molar-refractivity contribution is 6.33. The molecule has 98 valence electrons. The van der Waals surface area contributed by atoms with E-state index in [4.69, 9.17) is 16.3 Å². The van der Waals surface area contributed by atoms with Crippen molar-refractivity contribution in [2.75, 3.05) is 37.7 Å². The largest absolute Gasteiger partial charge is 0.371 e. The summed E-state index contributed by atoms with van der Waals surface area (Å²) >= 11 is 6.41. The Morgan fingerprint density at radius 3 is 2.78 bits per heavy atom. The van der Waals surface area contributed by atoms with Crippen molar-refractivity contribution < 1.29 is 4.74 Å². The summed E-state index contributed by atoms with van der Waals surface area (Å²) in [5, 5.41) is 4.19. The van der Waals surface area contributed by atoms with Gasteiger partial charge in [0, 0.05) is 26.2 Å². The topological polar surface area (TPSA) is 24.5 Å². The number of hydrogen-bond donors (Lipinski definition) is 1. The van der Waals surface area contributed by atoms with Crippen LogP contribution >= 0.6 is 11.6 Å². The SMILES string of the molecule is Clc1cc(C2CNCCO2)ccc1N1CCCC1. The van der Waals surface area contributed by atoms with E-state index in [0.717, 1.165) is 37.8 Å². The molecule has 1 aromatic carbocycles. The van der Waals surface area contributed by atoms with E-state index in [9.17, 15) is 0 Å². The number of anilines is 1. The predicted octanol–water partition coefficient (Wildman–Crippen LogP) is 2.60. The Kier molecular flexibility index (Phi) is 3.73. The third-order valence-electron chi connectivity index (χ3n) is 3.72. The standard InChI is InChI=1S/C14H19ClN2O/c15-12-9-11(14-10-16-5-8-18-14)3-4-13(12)17-6-1-2-7-17/h3-4,9,14,16H,1-2,5-8,10H2. The van der Waals surface area contributed by atoms with Crippen LogP contribution in [0.4, 0.5) is 5.69 Å². The van der Waals surface area contributed by atoms with Crippen LogP contribution in [0.3, 0.4) is 0 Å². The minimum atomic E-state index is 0.142. The van der Waals surface area contributed by atoms with Gasteiger partial charge >= 0.3 is 0 Å². The fraction of sp³-hybridized carbons (Fsp3) is 0.571. The molecule has 1 atom stereocenters. The minimum Gasteiger partial charge on any atom is -0.371 e. The van der Waals surface area contributed by atoms with Gasteiger partial charge in [-0.25, -0.2) is 0 Å². The number of benzene rings is 1. The number of nitrogens with zero attached hydrogens (tertiary/aromatic N) is 1. The fourth-order valence-electron chi connectivity index (χ4n) is 2.72. The molecular formula is C14H19ClN2O. The average molecular weight is 267 g/mol. The lowest BCUT2D eigenvalue weighted by molar-refractivity contribution is 0.0277. The Morgan fingerprint density at radius 1 is 1.28 bits per heavy atom. The van der Waals surface area contributed by atoms with Crippen LogP contribution in [0.25, 0.3) is 0 Å². The van der Waals surface area contributed by atoms with E-state index in [1.165, 1.54) is 24.1 Å². The van der Waals surface area contributed by atoms with Crippen LogP contribution in [0.2, 0.25) is 5.02 Å². The van der Waals surface area contributed by atoms with Crippen LogP contribution in [0.5, 0.6) is 0 Å². The Balaban J connectivity index is 1.79. The molecule has 3 nitrogen and oxygen atoms in total. The molecule has 0 radical (unpaired) electrons. The molecule has 0 bridgehead atoms. The average Bonchev–Trinajstić information content (AvgIpc) is 2.93. The van der Waals surface area contributed by atoms with Gasteiger partial charge in [0.15, 0.2) is 0 Å². The first-order valence-corrected chi connectivity index (χ1v) is 7.09. The van der Waals surface area contributed by atoms with E-state index >= 15 is 0 Å². The molecule has 0 amide bonds. The van der Waals surface area contributed by atoms with Gasteiger partial charge in [-0.05, 0) is 30.5 Å². The van der Waals surface area contributed by atoms with Gasteiger partial charge in [-0.3, -0.25) is 0 Å². The summed E-state index contributed by atoms with van der Waals surface area (Å²) in [5.74, 6) is 0. The third-order valence-corrected chi connectivity index (χ3v) is 4.02. The molecule has 2 aliphatic rings. The van der Waals surface area contributed by atoms with Crippen molar-refractivity contribution in [3.05, 3.63) is 28.8 Å². The van der Waals surface area contributed by atoms with Crippen LogP contribution in [-0.2, 0) is 4.74 Å². The van der Waals surface area contributed by atoms with E-state index in [0.29, 0.717) is 0 Å². The number of rotatable bonds is 2. The first-order chi connectivity index (χ1) is 8.84. The van der Waals surface area contributed by atoms with Gasteiger partial charge in [0.2, 0.25) is 0 Å². The Morgan fingerprint density at radius 2 is 2.11 bits per heavy atom. The summed E-state index contributed by atoms with van der Waals surface area (Å²) in [7, 11) is 0. The highest BCUT2D eigenvalue weighted by Crippen LogP contribution is 2.32.